The zero-order chi connectivity index (χ0) is 31.9. The van der Waals surface area contributed by atoms with E-state index in [9.17, 15) is 26.0 Å². The first-order valence-corrected chi connectivity index (χ1v) is 16.0. The van der Waals surface area contributed by atoms with Gasteiger partial charge in [0.15, 0.2) is 22.3 Å². The maximum absolute atomic E-state index is 14.7. The zero-order valence-corrected chi connectivity index (χ0v) is 25.6. The van der Waals surface area contributed by atoms with Crippen LogP contribution in [0.1, 0.15) is 29.7 Å². The highest BCUT2D eigenvalue weighted by Crippen LogP contribution is 2.35. The number of aromatic nitrogens is 1. The number of hydrogen-bond acceptors (Lipinski definition) is 7. The SMILES string of the molecule is COc1c(F)c(F)c(F)c(F)c1S(=O)(=O)NCc1cc2c(nc1OC[C@H]1CCCN1C)CN(c1cccc3ccccc13)CC2. The molecule has 1 atom stereocenters. The van der Waals surface area contributed by atoms with Gasteiger partial charge in [-0.15, -0.1) is 0 Å². The van der Waals surface area contributed by atoms with E-state index < -0.39 is 50.5 Å². The Labute approximate surface area is 258 Å². The molecule has 0 spiro atoms. The fourth-order valence-corrected chi connectivity index (χ4v) is 7.29. The summed E-state index contributed by atoms with van der Waals surface area (Å²) in [6, 6.07) is 16.2. The minimum atomic E-state index is -4.93. The van der Waals surface area contributed by atoms with E-state index in [1.807, 2.05) is 25.2 Å². The summed E-state index contributed by atoms with van der Waals surface area (Å²) in [7, 11) is -2.10. The Morgan fingerprint density at radius 3 is 2.51 bits per heavy atom. The van der Waals surface area contributed by atoms with Gasteiger partial charge in [0.05, 0.1) is 19.3 Å². The van der Waals surface area contributed by atoms with Crippen molar-refractivity contribution in [2.45, 2.75) is 43.3 Å². The van der Waals surface area contributed by atoms with Gasteiger partial charge in [0.25, 0.3) is 0 Å². The van der Waals surface area contributed by atoms with Crippen LogP contribution in [0.5, 0.6) is 11.6 Å². The lowest BCUT2D eigenvalue weighted by Gasteiger charge is -2.32. The number of likely N-dealkylation sites (tertiary alicyclic amines) is 1. The second-order valence-corrected chi connectivity index (χ2v) is 13.0. The third kappa shape index (κ3) is 5.91. The smallest absolute Gasteiger partial charge is 0.247 e. The van der Waals surface area contributed by atoms with E-state index in [4.69, 9.17) is 9.72 Å². The molecule has 1 fully saturated rings. The lowest BCUT2D eigenvalue weighted by Crippen LogP contribution is -2.33. The summed E-state index contributed by atoms with van der Waals surface area (Å²) in [4.78, 5) is 7.78. The first-order valence-electron chi connectivity index (χ1n) is 14.6. The number of likely N-dealkylation sites (N-methyl/N-ethyl adjacent to an activating group) is 1. The zero-order valence-electron chi connectivity index (χ0n) is 24.7. The first-order chi connectivity index (χ1) is 21.6. The number of sulfonamides is 1. The minimum absolute atomic E-state index is 0.142. The Morgan fingerprint density at radius 2 is 1.76 bits per heavy atom. The molecule has 238 valence electrons. The van der Waals surface area contributed by atoms with Gasteiger partial charge >= 0.3 is 0 Å². The van der Waals surface area contributed by atoms with Gasteiger partial charge in [-0.1, -0.05) is 36.4 Å². The molecule has 0 amide bonds. The van der Waals surface area contributed by atoms with E-state index in [1.165, 1.54) is 0 Å². The van der Waals surface area contributed by atoms with Crippen molar-refractivity contribution in [3.05, 3.63) is 88.6 Å². The predicted octanol–water partition coefficient (Wildman–Crippen LogP) is 5.31. The molecule has 0 unspecified atom stereocenters. The van der Waals surface area contributed by atoms with Crippen LogP contribution in [0.3, 0.4) is 0 Å². The Balaban J connectivity index is 1.32. The Kier molecular flexibility index (Phi) is 8.59. The van der Waals surface area contributed by atoms with Crippen molar-refractivity contribution in [3.63, 3.8) is 0 Å². The van der Waals surface area contributed by atoms with Crippen LogP contribution in [-0.2, 0) is 29.5 Å². The van der Waals surface area contributed by atoms with Gasteiger partial charge in [-0.25, -0.2) is 31.3 Å². The van der Waals surface area contributed by atoms with Gasteiger partial charge in [0, 0.05) is 35.8 Å². The van der Waals surface area contributed by atoms with Gasteiger partial charge in [-0.05, 0) is 55.9 Å². The molecule has 1 aromatic heterocycles. The molecule has 0 saturated carbocycles. The topological polar surface area (TPSA) is 84.0 Å². The number of nitrogens with zero attached hydrogens (tertiary/aromatic N) is 3. The van der Waals surface area contributed by atoms with E-state index >= 15 is 0 Å². The number of methoxy groups -OCH3 is 1. The molecule has 8 nitrogen and oxygen atoms in total. The largest absolute Gasteiger partial charge is 0.492 e. The Hall–Kier alpha value is -3.94. The molecule has 45 heavy (non-hydrogen) atoms. The molecule has 0 radical (unpaired) electrons. The molecule has 2 aliphatic rings. The van der Waals surface area contributed by atoms with E-state index in [2.05, 4.69) is 43.5 Å². The highest BCUT2D eigenvalue weighted by molar-refractivity contribution is 7.89. The summed E-state index contributed by atoms with van der Waals surface area (Å²) in [5, 5.41) is 2.24. The van der Waals surface area contributed by atoms with Gasteiger partial charge < -0.3 is 19.3 Å². The van der Waals surface area contributed by atoms with E-state index in [1.54, 1.807) is 6.07 Å². The average Bonchev–Trinajstić information content (AvgIpc) is 3.46. The summed E-state index contributed by atoms with van der Waals surface area (Å²) in [6.45, 7) is 1.97. The molecule has 0 bridgehead atoms. The number of pyridine rings is 1. The quantitative estimate of drug-likeness (QED) is 0.150. The number of hydrogen-bond donors (Lipinski definition) is 1. The number of nitrogens with one attached hydrogen (secondary N) is 1. The van der Waals surface area contributed by atoms with Crippen molar-refractivity contribution in [2.75, 3.05) is 38.8 Å². The second kappa shape index (κ2) is 12.5. The van der Waals surface area contributed by atoms with E-state index in [-0.39, 0.29) is 11.9 Å². The molecule has 1 saturated heterocycles. The predicted molar refractivity (Wildman–Crippen MR) is 161 cm³/mol. The Bertz CT molecular complexity index is 1870. The number of rotatable bonds is 9. The average molecular weight is 645 g/mol. The van der Waals surface area contributed by atoms with Crippen LogP contribution in [0.15, 0.2) is 53.4 Å². The number of benzene rings is 3. The second-order valence-electron chi connectivity index (χ2n) is 11.3. The highest BCUT2D eigenvalue weighted by atomic mass is 32.2. The molecule has 4 aromatic rings. The van der Waals surface area contributed by atoms with Crippen molar-refractivity contribution in [1.82, 2.24) is 14.6 Å². The molecule has 0 aliphatic carbocycles. The number of anilines is 1. The minimum Gasteiger partial charge on any atom is -0.492 e. The van der Waals surface area contributed by atoms with Crippen LogP contribution >= 0.6 is 0 Å². The highest BCUT2D eigenvalue weighted by Gasteiger charge is 2.34. The molecule has 13 heteroatoms. The van der Waals surface area contributed by atoms with Crippen molar-refractivity contribution >= 4 is 26.5 Å². The number of ether oxygens (including phenoxy) is 2. The summed E-state index contributed by atoms with van der Waals surface area (Å²) >= 11 is 0. The maximum Gasteiger partial charge on any atom is 0.247 e. The summed E-state index contributed by atoms with van der Waals surface area (Å²) in [6.07, 6.45) is 2.56. The third-order valence-electron chi connectivity index (χ3n) is 8.52. The normalized spacial score (nSPS) is 17.1. The fourth-order valence-electron chi connectivity index (χ4n) is 6.06. The van der Waals surface area contributed by atoms with Gasteiger partial charge in [0.2, 0.25) is 27.5 Å². The molecular formula is C32H32F4N4O4S. The summed E-state index contributed by atoms with van der Waals surface area (Å²) in [5.41, 5.74) is 3.08. The van der Waals surface area contributed by atoms with Crippen LogP contribution in [-0.4, -0.2) is 58.2 Å². The van der Waals surface area contributed by atoms with Gasteiger partial charge in [0.1, 0.15) is 6.61 Å². The van der Waals surface area contributed by atoms with Gasteiger partial charge in [-0.2, -0.15) is 4.39 Å². The fraction of sp³-hybridized carbons (Fsp3) is 0.344. The Morgan fingerprint density at radius 1 is 1.00 bits per heavy atom. The number of halogens is 4. The summed E-state index contributed by atoms with van der Waals surface area (Å²) < 4.78 is 96.2. The molecule has 1 N–H and O–H groups in total. The van der Waals surface area contributed by atoms with Crippen LogP contribution in [0, 0.1) is 23.3 Å². The van der Waals surface area contributed by atoms with Crippen molar-refractivity contribution in [1.29, 1.82) is 0 Å². The van der Waals surface area contributed by atoms with Crippen molar-refractivity contribution in [3.8, 4) is 11.6 Å². The molecular weight excluding hydrogens is 612 g/mol. The van der Waals surface area contributed by atoms with E-state index in [0.29, 0.717) is 31.7 Å². The van der Waals surface area contributed by atoms with Crippen LogP contribution in [0.25, 0.3) is 10.8 Å². The third-order valence-corrected chi connectivity index (χ3v) is 9.95. The lowest BCUT2D eigenvalue weighted by molar-refractivity contribution is 0.191. The first kappa shape index (κ1) is 31.1. The van der Waals surface area contributed by atoms with E-state index in [0.717, 1.165) is 54.2 Å². The van der Waals surface area contributed by atoms with Crippen LogP contribution < -0.4 is 19.1 Å². The van der Waals surface area contributed by atoms with Crippen molar-refractivity contribution in [2.24, 2.45) is 0 Å². The molecule has 3 aromatic carbocycles. The maximum atomic E-state index is 14.7. The van der Waals surface area contributed by atoms with Crippen LogP contribution in [0.4, 0.5) is 23.2 Å². The summed E-state index contributed by atoms with van der Waals surface area (Å²) in [5.74, 6) is -9.54. The standard InChI is InChI=1S/C32H32F4N4O4S/c1-39-13-6-9-22(39)18-44-32-21(16-37-45(41,42)31-29(36)27(34)26(33)28(35)30(31)43-2)15-20-12-14-40(17-24(20)38-32)25-11-5-8-19-7-3-4-10-23(19)25/h3-5,7-8,10-11,15,22,37H,6,9,12-14,16-18H2,1-2H3/t22-/m1/s1. The molecule has 6 rings (SSSR count). The van der Waals surface area contributed by atoms with Gasteiger partial charge in [-0.3, -0.25) is 0 Å². The molecule has 2 aliphatic heterocycles. The lowest BCUT2D eigenvalue weighted by atomic mass is 10.0. The van der Waals surface area contributed by atoms with Crippen LogP contribution in [0.2, 0.25) is 0 Å². The van der Waals surface area contributed by atoms with Crippen molar-refractivity contribution < 1.29 is 35.5 Å². The monoisotopic (exact) mass is 644 g/mol. The molecule has 3 heterocycles. The number of fused-ring (bicyclic) bond motifs is 2.